The molecule has 44 heavy (non-hydrogen) atoms. The Balaban J connectivity index is 0.000000493. The number of nitrogens with one attached hydrogen (secondary N) is 1. The third-order valence-electron chi connectivity index (χ3n) is 7.12. The van der Waals surface area contributed by atoms with Crippen molar-refractivity contribution in [2.24, 2.45) is 0 Å². The third kappa shape index (κ3) is 8.21. The minimum atomic E-state index is -5.08. The number of aromatic nitrogens is 2. The SMILES string of the molecule is O=C(O)C(F)(F)F.c1ccc(-c2noc(COc3ccc(C4CCNCC4OCc4ccc5ccccc5c4)cc3)n2)cc1. The predicted octanol–water partition coefficient (Wildman–Crippen LogP) is 6.76. The Labute approximate surface area is 251 Å². The van der Waals surface area contributed by atoms with Gasteiger partial charge in [0.1, 0.15) is 5.75 Å². The van der Waals surface area contributed by atoms with Gasteiger partial charge >= 0.3 is 12.1 Å². The normalized spacial score (nSPS) is 16.6. The molecule has 0 bridgehead atoms. The van der Waals surface area contributed by atoms with Crippen LogP contribution in [0.2, 0.25) is 0 Å². The molecule has 0 aliphatic carbocycles. The lowest BCUT2D eigenvalue weighted by molar-refractivity contribution is -0.192. The summed E-state index contributed by atoms with van der Waals surface area (Å²) in [5, 5.41) is 17.2. The summed E-state index contributed by atoms with van der Waals surface area (Å²) in [5.74, 6) is -0.642. The molecule has 2 N–H and O–H groups in total. The summed E-state index contributed by atoms with van der Waals surface area (Å²) in [6.45, 7) is 2.66. The molecule has 1 aromatic heterocycles. The number of piperidine rings is 1. The van der Waals surface area contributed by atoms with E-state index < -0.39 is 12.1 Å². The number of rotatable bonds is 8. The zero-order chi connectivity index (χ0) is 30.9. The number of ether oxygens (including phenoxy) is 2. The average Bonchev–Trinajstić information content (AvgIpc) is 3.53. The molecular weight excluding hydrogens is 575 g/mol. The number of aliphatic carboxylic acids is 1. The molecule has 0 saturated carbocycles. The number of benzene rings is 4. The molecule has 1 saturated heterocycles. The van der Waals surface area contributed by atoms with Crippen molar-refractivity contribution >= 4 is 16.7 Å². The molecular formula is C33H30F3N3O5. The van der Waals surface area contributed by atoms with E-state index in [0.29, 0.717) is 24.2 Å². The zero-order valence-corrected chi connectivity index (χ0v) is 23.5. The van der Waals surface area contributed by atoms with Gasteiger partial charge in [0, 0.05) is 18.0 Å². The molecule has 1 fully saturated rings. The van der Waals surface area contributed by atoms with Crippen molar-refractivity contribution in [3.63, 3.8) is 0 Å². The molecule has 2 heterocycles. The Morgan fingerprint density at radius 3 is 2.36 bits per heavy atom. The van der Waals surface area contributed by atoms with E-state index in [1.807, 2.05) is 42.5 Å². The molecule has 1 aliphatic heterocycles. The smallest absolute Gasteiger partial charge is 0.484 e. The first-order valence-corrected chi connectivity index (χ1v) is 14.0. The maximum absolute atomic E-state index is 10.6. The molecule has 6 rings (SSSR count). The number of hydrogen-bond acceptors (Lipinski definition) is 7. The molecule has 4 aromatic carbocycles. The lowest BCUT2D eigenvalue weighted by Crippen LogP contribution is -2.40. The van der Waals surface area contributed by atoms with Crippen molar-refractivity contribution < 1.29 is 37.1 Å². The first-order valence-electron chi connectivity index (χ1n) is 14.0. The van der Waals surface area contributed by atoms with Gasteiger partial charge in [-0.15, -0.1) is 0 Å². The summed E-state index contributed by atoms with van der Waals surface area (Å²) in [6, 6.07) is 33.0. The number of halogens is 3. The van der Waals surface area contributed by atoms with Crippen LogP contribution >= 0.6 is 0 Å². The number of nitrogens with zero attached hydrogens (tertiary/aromatic N) is 2. The monoisotopic (exact) mass is 605 g/mol. The fourth-order valence-electron chi connectivity index (χ4n) is 4.89. The summed E-state index contributed by atoms with van der Waals surface area (Å²) < 4.78 is 49.4. The van der Waals surface area contributed by atoms with Crippen molar-refractivity contribution in [1.29, 1.82) is 0 Å². The Morgan fingerprint density at radius 1 is 0.932 bits per heavy atom. The van der Waals surface area contributed by atoms with Gasteiger partial charge < -0.3 is 24.4 Å². The van der Waals surface area contributed by atoms with Gasteiger partial charge in [0.05, 0.1) is 12.7 Å². The van der Waals surface area contributed by atoms with E-state index in [-0.39, 0.29) is 12.7 Å². The van der Waals surface area contributed by atoms with Gasteiger partial charge in [-0.1, -0.05) is 84.0 Å². The van der Waals surface area contributed by atoms with E-state index in [4.69, 9.17) is 23.9 Å². The minimum absolute atomic E-state index is 0.113. The van der Waals surface area contributed by atoms with Gasteiger partial charge in [0.25, 0.3) is 5.89 Å². The fraction of sp³-hybridized carbons (Fsp3) is 0.242. The van der Waals surface area contributed by atoms with Gasteiger partial charge in [-0.3, -0.25) is 0 Å². The van der Waals surface area contributed by atoms with Crippen molar-refractivity contribution in [2.45, 2.75) is 37.8 Å². The van der Waals surface area contributed by atoms with E-state index in [2.05, 4.69) is 70.1 Å². The Hall–Kier alpha value is -4.74. The minimum Gasteiger partial charge on any atom is -0.484 e. The Bertz CT molecular complexity index is 1660. The average molecular weight is 606 g/mol. The molecule has 0 amide bonds. The van der Waals surface area contributed by atoms with Crippen LogP contribution in [0.1, 0.15) is 29.4 Å². The van der Waals surface area contributed by atoms with Crippen LogP contribution in [0.25, 0.3) is 22.2 Å². The number of alkyl halides is 3. The summed E-state index contributed by atoms with van der Waals surface area (Å²) in [7, 11) is 0. The van der Waals surface area contributed by atoms with Crippen molar-refractivity contribution in [3.05, 3.63) is 114 Å². The van der Waals surface area contributed by atoms with Crippen LogP contribution in [0.4, 0.5) is 13.2 Å². The number of carboxylic acid groups (broad SMARTS) is 1. The first-order chi connectivity index (χ1) is 21.3. The second-order valence-electron chi connectivity index (χ2n) is 10.2. The lowest BCUT2D eigenvalue weighted by atomic mass is 9.87. The summed E-state index contributed by atoms with van der Waals surface area (Å²) in [6.07, 6.45) is -3.94. The molecule has 2 atom stereocenters. The Morgan fingerprint density at radius 2 is 1.64 bits per heavy atom. The molecule has 2 unspecified atom stereocenters. The molecule has 0 spiro atoms. The van der Waals surface area contributed by atoms with Crippen LogP contribution in [-0.2, 0) is 22.7 Å². The highest BCUT2D eigenvalue weighted by atomic mass is 19.4. The van der Waals surface area contributed by atoms with E-state index >= 15 is 0 Å². The van der Waals surface area contributed by atoms with Gasteiger partial charge in [-0.05, 0) is 53.1 Å². The highest BCUT2D eigenvalue weighted by Crippen LogP contribution is 2.30. The van der Waals surface area contributed by atoms with E-state index in [0.717, 1.165) is 30.8 Å². The molecule has 11 heteroatoms. The summed E-state index contributed by atoms with van der Waals surface area (Å²) in [5.41, 5.74) is 3.38. The van der Waals surface area contributed by atoms with Gasteiger partial charge in [0.2, 0.25) is 5.82 Å². The number of fused-ring (bicyclic) bond motifs is 1. The molecule has 8 nitrogen and oxygen atoms in total. The Kier molecular flexibility index (Phi) is 9.88. The fourth-order valence-corrected chi connectivity index (χ4v) is 4.89. The second kappa shape index (κ2) is 14.2. The van der Waals surface area contributed by atoms with E-state index in [1.165, 1.54) is 21.9 Å². The van der Waals surface area contributed by atoms with Crippen LogP contribution in [0, 0.1) is 0 Å². The van der Waals surface area contributed by atoms with E-state index in [1.54, 1.807) is 0 Å². The lowest BCUT2D eigenvalue weighted by Gasteiger charge is -2.32. The predicted molar refractivity (Wildman–Crippen MR) is 157 cm³/mol. The standard InChI is InChI=1S/C31H29N3O3.C2HF3O2/c1-2-7-25(8-3-1)31-33-30(37-34-31)21-35-27-14-12-24(13-15-27)28-16-17-32-19-29(28)36-20-22-10-11-23-6-4-5-9-26(23)18-22;3-2(4,5)1(6)7/h1-15,18,28-29,32H,16-17,19-21H2;(H,6,7). The van der Waals surface area contributed by atoms with Crippen LogP contribution in [0.15, 0.2) is 102 Å². The highest BCUT2D eigenvalue weighted by molar-refractivity contribution is 5.82. The van der Waals surface area contributed by atoms with Gasteiger partial charge in [-0.2, -0.15) is 18.2 Å². The van der Waals surface area contributed by atoms with E-state index in [9.17, 15) is 13.2 Å². The first kappa shape index (κ1) is 30.7. The van der Waals surface area contributed by atoms with Crippen LogP contribution in [0.3, 0.4) is 0 Å². The molecule has 1 aliphatic rings. The van der Waals surface area contributed by atoms with Crippen molar-refractivity contribution in [3.8, 4) is 17.1 Å². The van der Waals surface area contributed by atoms with Gasteiger partial charge in [0.15, 0.2) is 6.61 Å². The number of hydrogen-bond donors (Lipinski definition) is 2. The summed E-state index contributed by atoms with van der Waals surface area (Å²) >= 11 is 0. The highest BCUT2D eigenvalue weighted by Gasteiger charge is 2.38. The molecule has 0 radical (unpaired) electrons. The topological polar surface area (TPSA) is 107 Å². The zero-order valence-electron chi connectivity index (χ0n) is 23.5. The second-order valence-corrected chi connectivity index (χ2v) is 10.2. The molecule has 5 aromatic rings. The molecule has 228 valence electrons. The maximum Gasteiger partial charge on any atom is 0.490 e. The van der Waals surface area contributed by atoms with Crippen molar-refractivity contribution in [2.75, 3.05) is 13.1 Å². The van der Waals surface area contributed by atoms with Crippen LogP contribution in [0.5, 0.6) is 5.75 Å². The summed E-state index contributed by atoms with van der Waals surface area (Å²) in [4.78, 5) is 13.3. The van der Waals surface area contributed by atoms with Gasteiger partial charge in [-0.25, -0.2) is 4.79 Å². The van der Waals surface area contributed by atoms with Crippen LogP contribution in [-0.4, -0.2) is 46.6 Å². The number of carbonyl (C=O) groups is 1. The number of carboxylic acids is 1. The largest absolute Gasteiger partial charge is 0.490 e. The quantitative estimate of drug-likeness (QED) is 0.200. The maximum atomic E-state index is 10.6. The third-order valence-corrected chi connectivity index (χ3v) is 7.12. The van der Waals surface area contributed by atoms with Crippen LogP contribution < -0.4 is 10.1 Å². The van der Waals surface area contributed by atoms with Crippen molar-refractivity contribution in [1.82, 2.24) is 15.5 Å².